The van der Waals surface area contributed by atoms with Crippen LogP contribution < -0.4 is 10.0 Å². The van der Waals surface area contributed by atoms with Crippen LogP contribution in [0.5, 0.6) is 0 Å². The van der Waals surface area contributed by atoms with Crippen LogP contribution in [0.1, 0.15) is 40.6 Å². The van der Waals surface area contributed by atoms with Gasteiger partial charge in [-0.05, 0) is 42.5 Å². The van der Waals surface area contributed by atoms with Crippen LogP contribution in [0.15, 0.2) is 40.8 Å². The normalized spacial score (nSPS) is 19.8. The minimum absolute atomic E-state index is 0.00435. The lowest BCUT2D eigenvalue weighted by Crippen LogP contribution is -2.40. The van der Waals surface area contributed by atoms with Crippen LogP contribution in [0.3, 0.4) is 0 Å². The molecule has 29 heavy (non-hydrogen) atoms. The number of sulfonamides is 1. The van der Waals surface area contributed by atoms with Crippen molar-refractivity contribution in [1.29, 1.82) is 0 Å². The van der Waals surface area contributed by atoms with E-state index >= 15 is 0 Å². The van der Waals surface area contributed by atoms with Crippen LogP contribution in [-0.2, 0) is 21.4 Å². The number of piperidine rings is 1. The second-order valence-electron chi connectivity index (χ2n) is 7.54. The number of likely N-dealkylation sites (tertiary alicyclic amines) is 1. The summed E-state index contributed by atoms with van der Waals surface area (Å²) in [6, 6.07) is 10.9. The van der Waals surface area contributed by atoms with E-state index in [0.717, 1.165) is 30.3 Å². The fourth-order valence-electron chi connectivity index (χ4n) is 4.08. The van der Waals surface area contributed by atoms with Gasteiger partial charge in [-0.2, -0.15) is 0 Å². The first-order chi connectivity index (χ1) is 13.8. The van der Waals surface area contributed by atoms with Gasteiger partial charge in [0.1, 0.15) is 5.76 Å². The minimum atomic E-state index is -3.33. The molecule has 1 fully saturated rings. The van der Waals surface area contributed by atoms with Crippen molar-refractivity contribution in [3.05, 3.63) is 53.5 Å². The molecule has 1 saturated heterocycles. The molecule has 0 radical (unpaired) electrons. The van der Waals surface area contributed by atoms with Crippen LogP contribution in [0.4, 0.5) is 5.69 Å². The van der Waals surface area contributed by atoms with E-state index in [1.165, 1.54) is 0 Å². The van der Waals surface area contributed by atoms with Gasteiger partial charge in [0.05, 0.1) is 18.7 Å². The number of benzene rings is 1. The maximum Gasteiger partial charge on any atom is 0.289 e. The Labute approximate surface area is 169 Å². The Kier molecular flexibility index (Phi) is 5.18. The number of para-hydroxylation sites is 1. The van der Waals surface area contributed by atoms with Crippen LogP contribution in [0.2, 0.25) is 0 Å². The zero-order chi connectivity index (χ0) is 20.6. The number of anilines is 1. The van der Waals surface area contributed by atoms with Crippen molar-refractivity contribution in [2.24, 2.45) is 5.92 Å². The highest BCUT2D eigenvalue weighted by Crippen LogP contribution is 2.41. The standard InChI is InChI=1S/C20H23N3O5S/c1-29(26,27)21-12-14-6-7-17(28-14)20(25)23-10-8-13(9-11-23)18-15-4-2-3-5-16(15)22-19(18)24/h2-7,13,18,21H,8-12H2,1H3,(H,22,24). The third kappa shape index (κ3) is 4.20. The molecule has 9 heteroatoms. The molecule has 1 aromatic heterocycles. The molecule has 0 spiro atoms. The van der Waals surface area contributed by atoms with E-state index in [2.05, 4.69) is 10.0 Å². The molecular weight excluding hydrogens is 394 g/mol. The van der Waals surface area contributed by atoms with Crippen molar-refractivity contribution in [3.8, 4) is 0 Å². The highest BCUT2D eigenvalue weighted by atomic mass is 32.2. The Bertz CT molecular complexity index is 1040. The number of amides is 2. The fraction of sp³-hybridized carbons (Fsp3) is 0.400. The molecule has 2 amide bonds. The first-order valence-corrected chi connectivity index (χ1v) is 11.4. The number of furan rings is 1. The van der Waals surface area contributed by atoms with E-state index in [1.807, 2.05) is 24.3 Å². The highest BCUT2D eigenvalue weighted by molar-refractivity contribution is 7.88. The highest BCUT2D eigenvalue weighted by Gasteiger charge is 2.38. The lowest BCUT2D eigenvalue weighted by atomic mass is 9.81. The van der Waals surface area contributed by atoms with Gasteiger partial charge in [0.25, 0.3) is 5.91 Å². The molecule has 0 aliphatic carbocycles. The first kappa shape index (κ1) is 19.7. The first-order valence-electron chi connectivity index (χ1n) is 9.54. The van der Waals surface area contributed by atoms with E-state index < -0.39 is 10.0 Å². The average molecular weight is 417 g/mol. The SMILES string of the molecule is CS(=O)(=O)NCc1ccc(C(=O)N2CCC(C3C(=O)Nc4ccccc43)CC2)o1. The van der Waals surface area contributed by atoms with Crippen molar-refractivity contribution in [2.45, 2.75) is 25.3 Å². The number of nitrogens with one attached hydrogen (secondary N) is 2. The summed E-state index contributed by atoms with van der Waals surface area (Å²) in [4.78, 5) is 26.9. The number of hydrogen-bond donors (Lipinski definition) is 2. The number of carbonyl (C=O) groups is 2. The van der Waals surface area contributed by atoms with Gasteiger partial charge >= 0.3 is 0 Å². The molecule has 3 heterocycles. The lowest BCUT2D eigenvalue weighted by Gasteiger charge is -2.33. The number of nitrogens with zero attached hydrogens (tertiary/aromatic N) is 1. The third-order valence-corrected chi connectivity index (χ3v) is 6.18. The number of rotatable bonds is 5. The Morgan fingerprint density at radius 3 is 2.66 bits per heavy atom. The summed E-state index contributed by atoms with van der Waals surface area (Å²) in [5, 5.41) is 2.95. The molecule has 2 aliphatic rings. The molecule has 1 aromatic carbocycles. The zero-order valence-corrected chi connectivity index (χ0v) is 16.9. The van der Waals surface area contributed by atoms with Gasteiger partial charge in [-0.15, -0.1) is 0 Å². The van der Waals surface area contributed by atoms with Crippen LogP contribution >= 0.6 is 0 Å². The van der Waals surface area contributed by atoms with Crippen LogP contribution in [0, 0.1) is 5.92 Å². The van der Waals surface area contributed by atoms with Crippen LogP contribution in [-0.4, -0.2) is 44.5 Å². The van der Waals surface area contributed by atoms with Gasteiger partial charge in [0.15, 0.2) is 5.76 Å². The summed E-state index contributed by atoms with van der Waals surface area (Å²) >= 11 is 0. The number of hydrogen-bond acceptors (Lipinski definition) is 5. The van der Waals surface area contributed by atoms with Gasteiger partial charge in [0.2, 0.25) is 15.9 Å². The molecule has 1 unspecified atom stereocenters. The van der Waals surface area contributed by atoms with E-state index in [1.54, 1.807) is 17.0 Å². The summed E-state index contributed by atoms with van der Waals surface area (Å²) in [5.74, 6) is 0.413. The number of fused-ring (bicyclic) bond motifs is 1. The predicted octanol–water partition coefficient (Wildman–Crippen LogP) is 1.92. The number of carbonyl (C=O) groups excluding carboxylic acids is 2. The molecule has 0 saturated carbocycles. The molecule has 1 atom stereocenters. The summed E-state index contributed by atoms with van der Waals surface area (Å²) in [5.41, 5.74) is 1.92. The van der Waals surface area contributed by atoms with Gasteiger partial charge in [0, 0.05) is 18.8 Å². The molecule has 0 bridgehead atoms. The third-order valence-electron chi connectivity index (χ3n) is 5.52. The Hall–Kier alpha value is -2.65. The molecule has 2 aromatic rings. The molecule has 4 rings (SSSR count). The maximum atomic E-state index is 12.7. The monoisotopic (exact) mass is 417 g/mol. The van der Waals surface area contributed by atoms with Gasteiger partial charge < -0.3 is 14.6 Å². The van der Waals surface area contributed by atoms with Gasteiger partial charge in [-0.1, -0.05) is 18.2 Å². The van der Waals surface area contributed by atoms with Gasteiger partial charge in [-0.3, -0.25) is 9.59 Å². The lowest BCUT2D eigenvalue weighted by molar-refractivity contribution is -0.118. The second-order valence-corrected chi connectivity index (χ2v) is 9.38. The maximum absolute atomic E-state index is 12.7. The quantitative estimate of drug-likeness (QED) is 0.773. The molecule has 2 N–H and O–H groups in total. The fourth-order valence-corrected chi connectivity index (χ4v) is 4.49. The Balaban J connectivity index is 1.37. The van der Waals surface area contributed by atoms with Gasteiger partial charge in [-0.25, -0.2) is 13.1 Å². The van der Waals surface area contributed by atoms with E-state index in [9.17, 15) is 18.0 Å². The van der Waals surface area contributed by atoms with Crippen molar-refractivity contribution in [3.63, 3.8) is 0 Å². The van der Waals surface area contributed by atoms with E-state index in [-0.39, 0.29) is 36.0 Å². The Morgan fingerprint density at radius 1 is 1.21 bits per heavy atom. The summed E-state index contributed by atoms with van der Waals surface area (Å²) < 4.78 is 30.2. The van der Waals surface area contributed by atoms with E-state index in [4.69, 9.17) is 4.42 Å². The smallest absolute Gasteiger partial charge is 0.289 e. The summed E-state index contributed by atoms with van der Waals surface area (Å²) in [7, 11) is -3.33. The Morgan fingerprint density at radius 2 is 1.93 bits per heavy atom. The molecular formula is C20H23N3O5S. The largest absolute Gasteiger partial charge is 0.455 e. The topological polar surface area (TPSA) is 109 Å². The summed E-state index contributed by atoms with van der Waals surface area (Å²) in [6.45, 7) is 1.10. The average Bonchev–Trinajstić information content (AvgIpc) is 3.29. The van der Waals surface area contributed by atoms with Crippen molar-refractivity contribution < 1.29 is 22.4 Å². The van der Waals surface area contributed by atoms with Crippen molar-refractivity contribution in [1.82, 2.24) is 9.62 Å². The minimum Gasteiger partial charge on any atom is -0.455 e. The summed E-state index contributed by atoms with van der Waals surface area (Å²) in [6.07, 6.45) is 2.54. The van der Waals surface area contributed by atoms with Crippen LogP contribution in [0.25, 0.3) is 0 Å². The molecule has 154 valence electrons. The predicted molar refractivity (Wildman–Crippen MR) is 107 cm³/mol. The van der Waals surface area contributed by atoms with E-state index in [0.29, 0.717) is 18.8 Å². The molecule has 2 aliphatic heterocycles. The van der Waals surface area contributed by atoms with Crippen molar-refractivity contribution >= 4 is 27.5 Å². The second kappa shape index (κ2) is 7.64. The zero-order valence-electron chi connectivity index (χ0n) is 16.1. The molecule has 8 nitrogen and oxygen atoms in total. The van der Waals surface area contributed by atoms with Crippen molar-refractivity contribution in [2.75, 3.05) is 24.7 Å².